The van der Waals surface area contributed by atoms with Crippen LogP contribution in [0.3, 0.4) is 0 Å². The lowest BCUT2D eigenvalue weighted by Crippen LogP contribution is -2.36. The van der Waals surface area contributed by atoms with Gasteiger partial charge in [-0.05, 0) is 44.4 Å². The summed E-state index contributed by atoms with van der Waals surface area (Å²) in [7, 11) is -2.34. The number of amides is 1. The summed E-state index contributed by atoms with van der Waals surface area (Å²) in [6.07, 6.45) is 1.54. The predicted octanol–water partition coefficient (Wildman–Crippen LogP) is 2.74. The summed E-state index contributed by atoms with van der Waals surface area (Å²) in [5, 5.41) is 4.05. The number of rotatable bonds is 8. The first kappa shape index (κ1) is 20.8. The van der Waals surface area contributed by atoms with E-state index in [4.69, 9.17) is 0 Å². The van der Waals surface area contributed by atoms with Gasteiger partial charge in [0.1, 0.15) is 0 Å². The number of sulfonamides is 1. The Bertz CT molecular complexity index is 892. The first-order chi connectivity index (χ1) is 12.8. The molecular weight excluding hydrogens is 362 g/mol. The molecule has 0 saturated carbocycles. The maximum absolute atomic E-state index is 12.5. The number of carbonyl (C=O) groups is 1. The van der Waals surface area contributed by atoms with Crippen molar-refractivity contribution in [3.8, 4) is 0 Å². The van der Waals surface area contributed by atoms with Gasteiger partial charge in [0.05, 0.1) is 11.4 Å². The number of benzene rings is 2. The molecule has 144 valence electrons. The highest BCUT2D eigenvalue weighted by molar-refractivity contribution is 7.89. The number of nitrogens with zero attached hydrogens (tertiary/aromatic N) is 2. The van der Waals surface area contributed by atoms with Gasteiger partial charge in [0.2, 0.25) is 10.0 Å². The van der Waals surface area contributed by atoms with Crippen LogP contribution in [0.4, 0.5) is 0 Å². The van der Waals surface area contributed by atoms with Gasteiger partial charge in [-0.3, -0.25) is 4.79 Å². The van der Waals surface area contributed by atoms with Gasteiger partial charge in [-0.15, -0.1) is 0 Å². The highest BCUT2D eigenvalue weighted by atomic mass is 32.2. The van der Waals surface area contributed by atoms with Crippen LogP contribution in [0.25, 0.3) is 0 Å². The van der Waals surface area contributed by atoms with Crippen molar-refractivity contribution < 1.29 is 13.2 Å². The minimum absolute atomic E-state index is 0.158. The third-order valence-electron chi connectivity index (χ3n) is 4.09. The largest absolute Gasteiger partial charge is 0.272 e. The van der Waals surface area contributed by atoms with Crippen LogP contribution in [0, 0.1) is 6.92 Å². The van der Waals surface area contributed by atoms with Crippen molar-refractivity contribution in [1.82, 2.24) is 9.73 Å². The summed E-state index contributed by atoms with van der Waals surface area (Å²) in [6.45, 7) is 3.41. The Morgan fingerprint density at radius 1 is 1.07 bits per heavy atom. The number of carbonyl (C=O) groups excluding carboxylic acids is 1. The van der Waals surface area contributed by atoms with Crippen molar-refractivity contribution >= 4 is 21.6 Å². The number of nitrogens with one attached hydrogen (secondary N) is 1. The maximum Gasteiger partial charge on any atom is 0.255 e. The molecule has 27 heavy (non-hydrogen) atoms. The smallest absolute Gasteiger partial charge is 0.255 e. The molecule has 2 rings (SSSR count). The Balaban J connectivity index is 1.87. The summed E-state index contributed by atoms with van der Waals surface area (Å²) < 4.78 is 26.0. The summed E-state index contributed by atoms with van der Waals surface area (Å²) in [6, 6.07) is 16.5. The van der Waals surface area contributed by atoms with Crippen molar-refractivity contribution in [2.75, 3.05) is 13.6 Å². The number of aryl methyl sites for hydroxylation is 2. The van der Waals surface area contributed by atoms with Gasteiger partial charge in [-0.2, -0.15) is 9.41 Å². The highest BCUT2D eigenvalue weighted by Crippen LogP contribution is 2.14. The first-order valence-electron chi connectivity index (χ1n) is 8.68. The van der Waals surface area contributed by atoms with E-state index in [0.29, 0.717) is 6.42 Å². The second-order valence-electron chi connectivity index (χ2n) is 6.44. The fourth-order valence-corrected chi connectivity index (χ4v) is 3.52. The van der Waals surface area contributed by atoms with E-state index in [1.807, 2.05) is 44.2 Å². The summed E-state index contributed by atoms with van der Waals surface area (Å²) in [5.74, 6) is -0.479. The molecule has 6 nitrogen and oxygen atoms in total. The van der Waals surface area contributed by atoms with E-state index in [1.54, 1.807) is 12.1 Å². The molecular formula is C20H25N3O3S. The molecule has 0 atom stereocenters. The summed E-state index contributed by atoms with van der Waals surface area (Å²) in [5.41, 5.74) is 5.36. The van der Waals surface area contributed by atoms with Crippen molar-refractivity contribution in [2.45, 2.75) is 31.6 Å². The molecule has 0 fully saturated rings. The van der Waals surface area contributed by atoms with Gasteiger partial charge in [0, 0.05) is 12.8 Å². The summed E-state index contributed by atoms with van der Waals surface area (Å²) in [4.78, 5) is 12.2. The number of hydrogen-bond acceptors (Lipinski definition) is 4. The van der Waals surface area contributed by atoms with Crippen LogP contribution in [0.15, 0.2) is 64.6 Å². The Labute approximate surface area is 161 Å². The van der Waals surface area contributed by atoms with Gasteiger partial charge >= 0.3 is 0 Å². The van der Waals surface area contributed by atoms with Crippen molar-refractivity contribution in [3.63, 3.8) is 0 Å². The van der Waals surface area contributed by atoms with Gasteiger partial charge in [0.25, 0.3) is 5.91 Å². The molecule has 0 spiro atoms. The fraction of sp³-hybridized carbons (Fsp3) is 0.300. The fourth-order valence-electron chi connectivity index (χ4n) is 2.40. The molecule has 2 aromatic rings. The van der Waals surface area contributed by atoms with Crippen LogP contribution in [0.1, 0.15) is 24.5 Å². The van der Waals surface area contributed by atoms with E-state index in [-0.39, 0.29) is 11.4 Å². The third kappa shape index (κ3) is 6.30. The molecule has 0 aliphatic rings. The number of hydrazone groups is 1. The van der Waals surface area contributed by atoms with Gasteiger partial charge < -0.3 is 0 Å². The Hall–Kier alpha value is -2.51. The Kier molecular flexibility index (Phi) is 7.27. The maximum atomic E-state index is 12.5. The number of hydrogen-bond donors (Lipinski definition) is 1. The van der Waals surface area contributed by atoms with E-state index < -0.39 is 15.9 Å². The van der Waals surface area contributed by atoms with Crippen molar-refractivity contribution in [3.05, 3.63) is 65.7 Å². The van der Waals surface area contributed by atoms with Gasteiger partial charge in [-0.25, -0.2) is 13.8 Å². The third-order valence-corrected chi connectivity index (χ3v) is 5.90. The lowest BCUT2D eigenvalue weighted by Gasteiger charge is -2.16. The van der Waals surface area contributed by atoms with Gasteiger partial charge in [-0.1, -0.05) is 48.0 Å². The SMILES string of the molecule is C/C(CCc1ccccc1)=N/NC(=O)CN(C)S(=O)(=O)c1ccc(C)cc1. The van der Waals surface area contributed by atoms with E-state index in [2.05, 4.69) is 10.5 Å². The van der Waals surface area contributed by atoms with Crippen LogP contribution in [0.5, 0.6) is 0 Å². The Morgan fingerprint density at radius 3 is 2.33 bits per heavy atom. The molecule has 1 N–H and O–H groups in total. The minimum atomic E-state index is -3.71. The van der Waals surface area contributed by atoms with Gasteiger partial charge in [0.15, 0.2) is 0 Å². The van der Waals surface area contributed by atoms with E-state index >= 15 is 0 Å². The second kappa shape index (κ2) is 9.43. The van der Waals surface area contributed by atoms with Crippen LogP contribution in [-0.2, 0) is 21.2 Å². The molecule has 0 bridgehead atoms. The second-order valence-corrected chi connectivity index (χ2v) is 8.49. The van der Waals surface area contributed by atoms with Crippen molar-refractivity contribution in [2.24, 2.45) is 5.10 Å². The average molecular weight is 388 g/mol. The zero-order valence-electron chi connectivity index (χ0n) is 15.8. The van der Waals surface area contributed by atoms with Crippen molar-refractivity contribution in [1.29, 1.82) is 0 Å². The quantitative estimate of drug-likeness (QED) is 0.559. The normalized spacial score (nSPS) is 12.2. The monoisotopic (exact) mass is 387 g/mol. The van der Waals surface area contributed by atoms with E-state index in [9.17, 15) is 13.2 Å². The number of likely N-dealkylation sites (N-methyl/N-ethyl adjacent to an activating group) is 1. The molecule has 0 aliphatic carbocycles. The topological polar surface area (TPSA) is 78.8 Å². The highest BCUT2D eigenvalue weighted by Gasteiger charge is 2.22. The molecule has 2 aromatic carbocycles. The molecule has 1 amide bonds. The molecule has 0 aromatic heterocycles. The molecule has 0 heterocycles. The summed E-state index contributed by atoms with van der Waals surface area (Å²) >= 11 is 0. The van der Waals surface area contributed by atoms with Crippen LogP contribution in [0.2, 0.25) is 0 Å². The van der Waals surface area contributed by atoms with E-state index in [1.165, 1.54) is 24.7 Å². The zero-order valence-corrected chi connectivity index (χ0v) is 16.7. The molecule has 0 unspecified atom stereocenters. The minimum Gasteiger partial charge on any atom is -0.272 e. The molecule has 7 heteroatoms. The lowest BCUT2D eigenvalue weighted by atomic mass is 10.1. The average Bonchev–Trinajstić information content (AvgIpc) is 2.66. The predicted molar refractivity (Wildman–Crippen MR) is 107 cm³/mol. The molecule has 0 aliphatic heterocycles. The Morgan fingerprint density at radius 2 is 1.70 bits per heavy atom. The lowest BCUT2D eigenvalue weighted by molar-refractivity contribution is -0.121. The van der Waals surface area contributed by atoms with Crippen LogP contribution < -0.4 is 5.43 Å². The first-order valence-corrected chi connectivity index (χ1v) is 10.1. The molecule has 0 radical (unpaired) electrons. The van der Waals surface area contributed by atoms with Crippen LogP contribution >= 0.6 is 0 Å². The standard InChI is InChI=1S/C20H25N3O3S/c1-16-9-13-19(14-10-16)27(25,26)23(3)15-20(24)22-21-17(2)11-12-18-7-5-4-6-8-18/h4-10,13-14H,11-12,15H2,1-3H3,(H,22,24)/b21-17-. The van der Waals surface area contributed by atoms with E-state index in [0.717, 1.165) is 22.0 Å². The van der Waals surface area contributed by atoms with Crippen LogP contribution in [-0.4, -0.2) is 37.9 Å². The molecule has 0 saturated heterocycles. The zero-order chi connectivity index (χ0) is 19.9.